The van der Waals surface area contributed by atoms with Crippen LogP contribution in [0.15, 0.2) is 53.4 Å². The van der Waals surface area contributed by atoms with Crippen molar-refractivity contribution in [1.29, 1.82) is 0 Å². The Morgan fingerprint density at radius 2 is 1.79 bits per heavy atom. The summed E-state index contributed by atoms with van der Waals surface area (Å²) in [5.41, 5.74) is 6.39. The summed E-state index contributed by atoms with van der Waals surface area (Å²) in [5.74, 6) is -0.587. The van der Waals surface area contributed by atoms with E-state index in [9.17, 15) is 17.6 Å². The Balaban J connectivity index is 0.00000280. The molecule has 1 aliphatic rings. The van der Waals surface area contributed by atoms with Crippen molar-refractivity contribution < 1.29 is 17.6 Å². The summed E-state index contributed by atoms with van der Waals surface area (Å²) >= 11 is 0. The van der Waals surface area contributed by atoms with Gasteiger partial charge in [0.05, 0.1) is 4.90 Å². The molecule has 0 radical (unpaired) electrons. The Hall–Kier alpha value is -2.16. The summed E-state index contributed by atoms with van der Waals surface area (Å²) < 4.78 is 40.2. The van der Waals surface area contributed by atoms with Crippen LogP contribution in [0.2, 0.25) is 0 Å². The first-order valence-corrected chi connectivity index (χ1v) is 10.1. The van der Waals surface area contributed by atoms with Crippen LogP contribution in [0, 0.1) is 11.2 Å². The van der Waals surface area contributed by atoms with Gasteiger partial charge in [-0.05, 0) is 66.9 Å². The summed E-state index contributed by atoms with van der Waals surface area (Å²) in [6.45, 7) is 3.80. The number of likely N-dealkylation sites (tertiary alicyclic amines) is 1. The Kier molecular flexibility index (Phi) is 6.69. The third kappa shape index (κ3) is 4.81. The van der Waals surface area contributed by atoms with Crippen molar-refractivity contribution in [1.82, 2.24) is 4.90 Å². The highest BCUT2D eigenvalue weighted by molar-refractivity contribution is 7.92. The van der Waals surface area contributed by atoms with E-state index in [1.54, 1.807) is 4.90 Å². The monoisotopic (exact) mass is 427 g/mol. The fourth-order valence-electron chi connectivity index (χ4n) is 3.05. The second-order valence-electron chi connectivity index (χ2n) is 7.13. The summed E-state index contributed by atoms with van der Waals surface area (Å²) in [4.78, 5) is 14.4. The molecule has 1 amide bonds. The van der Waals surface area contributed by atoms with Gasteiger partial charge in [-0.1, -0.05) is 6.92 Å². The number of halogens is 2. The first-order chi connectivity index (χ1) is 12.7. The van der Waals surface area contributed by atoms with Gasteiger partial charge in [0.15, 0.2) is 0 Å². The molecule has 3 rings (SSSR count). The van der Waals surface area contributed by atoms with Crippen molar-refractivity contribution in [3.05, 3.63) is 59.9 Å². The molecular formula is C19H23ClFN3O3S. The quantitative estimate of drug-likeness (QED) is 0.767. The van der Waals surface area contributed by atoms with E-state index in [2.05, 4.69) is 11.6 Å². The lowest BCUT2D eigenvalue weighted by atomic mass is 9.90. The van der Waals surface area contributed by atoms with Crippen LogP contribution in [0.4, 0.5) is 10.1 Å². The number of amides is 1. The molecule has 1 aliphatic heterocycles. The molecule has 9 heteroatoms. The van der Waals surface area contributed by atoms with Gasteiger partial charge in [0, 0.05) is 24.3 Å². The van der Waals surface area contributed by atoms with Gasteiger partial charge < -0.3 is 10.6 Å². The fourth-order valence-corrected chi connectivity index (χ4v) is 4.11. The van der Waals surface area contributed by atoms with Crippen LogP contribution in [0.3, 0.4) is 0 Å². The maximum absolute atomic E-state index is 12.9. The summed E-state index contributed by atoms with van der Waals surface area (Å²) in [6, 6.07) is 10.8. The zero-order valence-corrected chi connectivity index (χ0v) is 17.0. The van der Waals surface area contributed by atoms with Crippen molar-refractivity contribution in [2.45, 2.75) is 18.2 Å². The number of anilines is 1. The van der Waals surface area contributed by atoms with Gasteiger partial charge in [0.25, 0.3) is 15.9 Å². The molecule has 1 unspecified atom stereocenters. The third-order valence-corrected chi connectivity index (χ3v) is 6.24. The van der Waals surface area contributed by atoms with E-state index in [1.165, 1.54) is 48.5 Å². The van der Waals surface area contributed by atoms with E-state index in [-0.39, 0.29) is 34.3 Å². The van der Waals surface area contributed by atoms with E-state index in [0.717, 1.165) is 6.42 Å². The average molecular weight is 428 g/mol. The number of benzene rings is 2. The number of carbonyl (C=O) groups excluding carboxylic acids is 1. The normalized spacial score (nSPS) is 19.2. The standard InChI is InChI=1S/C19H22FN3O3S.ClH/c1-19(12-21)10-11-23(13-19)18(24)14-2-8-17(9-3-14)27(25,26)22-16-6-4-15(20)5-7-16;/h2-9,22H,10-13,21H2,1H3;1H. The predicted octanol–water partition coefficient (Wildman–Crippen LogP) is 2.86. The molecule has 3 N–H and O–H groups in total. The number of hydrogen-bond acceptors (Lipinski definition) is 4. The number of carbonyl (C=O) groups is 1. The Morgan fingerprint density at radius 3 is 2.32 bits per heavy atom. The molecule has 28 heavy (non-hydrogen) atoms. The summed E-state index contributed by atoms with van der Waals surface area (Å²) in [6.07, 6.45) is 0.850. The number of hydrogen-bond donors (Lipinski definition) is 2. The lowest BCUT2D eigenvalue weighted by Crippen LogP contribution is -2.34. The van der Waals surface area contributed by atoms with Crippen LogP contribution < -0.4 is 10.5 Å². The molecule has 1 saturated heterocycles. The Bertz CT molecular complexity index is 936. The zero-order valence-electron chi connectivity index (χ0n) is 15.4. The smallest absolute Gasteiger partial charge is 0.261 e. The van der Waals surface area contributed by atoms with Crippen molar-refractivity contribution in [2.24, 2.45) is 11.1 Å². The van der Waals surface area contributed by atoms with Crippen LogP contribution in [0.5, 0.6) is 0 Å². The first-order valence-electron chi connectivity index (χ1n) is 8.60. The molecule has 0 aliphatic carbocycles. The van der Waals surface area contributed by atoms with Crippen molar-refractivity contribution in [2.75, 3.05) is 24.4 Å². The molecule has 2 aromatic carbocycles. The number of nitrogens with one attached hydrogen (secondary N) is 1. The molecule has 0 bridgehead atoms. The van der Waals surface area contributed by atoms with E-state index in [1.807, 2.05) is 0 Å². The molecule has 0 spiro atoms. The molecule has 1 heterocycles. The van der Waals surface area contributed by atoms with Crippen LogP contribution in [0.1, 0.15) is 23.7 Å². The van der Waals surface area contributed by atoms with E-state index >= 15 is 0 Å². The van der Waals surface area contributed by atoms with E-state index in [4.69, 9.17) is 5.73 Å². The lowest BCUT2D eigenvalue weighted by Gasteiger charge is -2.22. The van der Waals surface area contributed by atoms with Crippen molar-refractivity contribution >= 4 is 34.0 Å². The van der Waals surface area contributed by atoms with Gasteiger partial charge in [-0.3, -0.25) is 9.52 Å². The maximum Gasteiger partial charge on any atom is 0.261 e. The molecule has 1 fully saturated rings. The van der Waals surface area contributed by atoms with Gasteiger partial charge in [-0.25, -0.2) is 12.8 Å². The molecule has 2 aromatic rings. The number of nitrogens with zero attached hydrogens (tertiary/aromatic N) is 1. The highest BCUT2D eigenvalue weighted by Crippen LogP contribution is 2.29. The minimum Gasteiger partial charge on any atom is -0.338 e. The second-order valence-corrected chi connectivity index (χ2v) is 8.81. The number of sulfonamides is 1. The largest absolute Gasteiger partial charge is 0.338 e. The third-order valence-electron chi connectivity index (χ3n) is 4.85. The fraction of sp³-hybridized carbons (Fsp3) is 0.316. The SMILES string of the molecule is CC1(CN)CCN(C(=O)c2ccc(S(=O)(=O)Nc3ccc(F)cc3)cc2)C1.Cl. The Morgan fingerprint density at radius 1 is 1.18 bits per heavy atom. The molecule has 0 saturated carbocycles. The van der Waals surface area contributed by atoms with Crippen LogP contribution in [0.25, 0.3) is 0 Å². The van der Waals surface area contributed by atoms with Crippen LogP contribution >= 0.6 is 12.4 Å². The second kappa shape index (κ2) is 8.46. The minimum absolute atomic E-state index is 0. The van der Waals surface area contributed by atoms with Crippen molar-refractivity contribution in [3.8, 4) is 0 Å². The van der Waals surface area contributed by atoms with Gasteiger partial charge in [-0.2, -0.15) is 0 Å². The van der Waals surface area contributed by atoms with Gasteiger partial charge in [0.2, 0.25) is 0 Å². The Labute approximate surface area is 170 Å². The average Bonchev–Trinajstić information content (AvgIpc) is 3.06. The number of rotatable bonds is 5. The molecule has 6 nitrogen and oxygen atoms in total. The zero-order chi connectivity index (χ0) is 19.7. The van der Waals surface area contributed by atoms with Gasteiger partial charge in [0.1, 0.15) is 5.82 Å². The van der Waals surface area contributed by atoms with Crippen molar-refractivity contribution in [3.63, 3.8) is 0 Å². The molecule has 0 aromatic heterocycles. The lowest BCUT2D eigenvalue weighted by molar-refractivity contribution is 0.0777. The highest BCUT2D eigenvalue weighted by atomic mass is 35.5. The summed E-state index contributed by atoms with van der Waals surface area (Å²) in [7, 11) is -3.82. The number of nitrogens with two attached hydrogens (primary N) is 1. The molecular weight excluding hydrogens is 405 g/mol. The maximum atomic E-state index is 12.9. The minimum atomic E-state index is -3.82. The van der Waals surface area contributed by atoms with Crippen LogP contribution in [-0.4, -0.2) is 38.9 Å². The van der Waals surface area contributed by atoms with Crippen LogP contribution in [-0.2, 0) is 10.0 Å². The van der Waals surface area contributed by atoms with Gasteiger partial charge >= 0.3 is 0 Å². The molecule has 1 atom stereocenters. The predicted molar refractivity (Wildman–Crippen MR) is 109 cm³/mol. The summed E-state index contributed by atoms with van der Waals surface area (Å²) in [5, 5.41) is 0. The van der Waals surface area contributed by atoms with Gasteiger partial charge in [-0.15, -0.1) is 12.4 Å². The topological polar surface area (TPSA) is 92.5 Å². The molecule has 152 valence electrons. The van der Waals surface area contributed by atoms with E-state index in [0.29, 0.717) is 25.2 Å². The van der Waals surface area contributed by atoms with E-state index < -0.39 is 15.8 Å². The highest BCUT2D eigenvalue weighted by Gasteiger charge is 2.35. The first kappa shape index (κ1) is 22.1.